The van der Waals surface area contributed by atoms with Crippen LogP contribution in [-0.2, 0) is 19.6 Å². The van der Waals surface area contributed by atoms with Crippen LogP contribution in [0.25, 0.3) is 0 Å². The normalized spacial score (nSPS) is 20.1. The molecule has 0 saturated carbocycles. The third-order valence-corrected chi connectivity index (χ3v) is 7.63. The fourth-order valence-corrected chi connectivity index (χ4v) is 5.38. The van der Waals surface area contributed by atoms with Crippen molar-refractivity contribution in [3.63, 3.8) is 0 Å². The third kappa shape index (κ3) is 4.55. The zero-order valence-electron chi connectivity index (χ0n) is 16.6. The molecule has 3 rings (SSSR count). The Kier molecular flexibility index (Phi) is 6.40. The van der Waals surface area contributed by atoms with Gasteiger partial charge in [0.2, 0.25) is 21.8 Å². The fourth-order valence-electron chi connectivity index (χ4n) is 3.91. The Bertz CT molecular complexity index is 814. The Labute approximate surface area is 167 Å². The second kappa shape index (κ2) is 8.61. The number of piperidine rings is 1. The highest BCUT2D eigenvalue weighted by molar-refractivity contribution is 7.89. The summed E-state index contributed by atoms with van der Waals surface area (Å²) in [6.07, 6.45) is 1.99. The van der Waals surface area contributed by atoms with E-state index in [1.165, 1.54) is 4.31 Å². The first-order valence-corrected chi connectivity index (χ1v) is 11.3. The van der Waals surface area contributed by atoms with E-state index in [-0.39, 0.29) is 17.7 Å². The Morgan fingerprint density at radius 2 is 1.54 bits per heavy atom. The van der Waals surface area contributed by atoms with Crippen molar-refractivity contribution in [1.82, 2.24) is 14.1 Å². The van der Waals surface area contributed by atoms with Crippen LogP contribution in [-0.4, -0.2) is 73.6 Å². The minimum absolute atomic E-state index is 0.0534. The standard InChI is InChI=1S/C20H29N3O4S/c1-16-4-6-19(7-5-16)28(26,27)23-11-3-10-22(14-15-23)20(25)18-8-12-21(13-9-18)17(2)24/h4-7,18H,3,8-15H2,1-2H3. The molecule has 28 heavy (non-hydrogen) atoms. The molecule has 2 heterocycles. The molecule has 0 aliphatic carbocycles. The van der Waals surface area contributed by atoms with Crippen LogP contribution in [0.15, 0.2) is 29.2 Å². The van der Waals surface area contributed by atoms with E-state index in [9.17, 15) is 18.0 Å². The zero-order chi connectivity index (χ0) is 20.3. The number of rotatable bonds is 3. The predicted molar refractivity (Wildman–Crippen MR) is 106 cm³/mol. The molecule has 8 heteroatoms. The molecule has 2 saturated heterocycles. The van der Waals surface area contributed by atoms with Crippen molar-refractivity contribution in [2.45, 2.75) is 38.0 Å². The molecular formula is C20H29N3O4S. The van der Waals surface area contributed by atoms with Crippen LogP contribution in [0, 0.1) is 12.8 Å². The highest BCUT2D eigenvalue weighted by Crippen LogP contribution is 2.22. The van der Waals surface area contributed by atoms with Crippen LogP contribution < -0.4 is 0 Å². The Balaban J connectivity index is 1.61. The van der Waals surface area contributed by atoms with Crippen LogP contribution in [0.3, 0.4) is 0 Å². The number of carbonyl (C=O) groups is 2. The summed E-state index contributed by atoms with van der Waals surface area (Å²) in [5.74, 6) is 0.0752. The van der Waals surface area contributed by atoms with E-state index in [0.29, 0.717) is 63.4 Å². The second-order valence-electron chi connectivity index (χ2n) is 7.68. The molecule has 0 N–H and O–H groups in total. The number of amides is 2. The van der Waals surface area contributed by atoms with Gasteiger partial charge in [-0.15, -0.1) is 0 Å². The lowest BCUT2D eigenvalue weighted by atomic mass is 9.95. The average Bonchev–Trinajstić information content (AvgIpc) is 2.94. The average molecular weight is 408 g/mol. The maximum absolute atomic E-state index is 12.9. The SMILES string of the molecule is CC(=O)N1CCC(C(=O)N2CCCN(S(=O)(=O)c3ccc(C)cc3)CC2)CC1. The molecule has 1 aromatic carbocycles. The Morgan fingerprint density at radius 3 is 2.14 bits per heavy atom. The van der Waals surface area contributed by atoms with Gasteiger partial charge < -0.3 is 9.80 Å². The minimum Gasteiger partial charge on any atom is -0.343 e. The molecule has 0 unspecified atom stereocenters. The minimum atomic E-state index is -3.54. The summed E-state index contributed by atoms with van der Waals surface area (Å²) in [4.78, 5) is 28.2. The Hall–Kier alpha value is -1.93. The number of hydrogen-bond donors (Lipinski definition) is 0. The molecule has 2 aliphatic rings. The predicted octanol–water partition coefficient (Wildman–Crippen LogP) is 1.48. The van der Waals surface area contributed by atoms with E-state index < -0.39 is 10.0 Å². The molecule has 2 aliphatic heterocycles. The van der Waals surface area contributed by atoms with Gasteiger partial charge in [0.1, 0.15) is 0 Å². The fraction of sp³-hybridized carbons (Fsp3) is 0.600. The van der Waals surface area contributed by atoms with Crippen LogP contribution in [0.5, 0.6) is 0 Å². The number of carbonyl (C=O) groups excluding carboxylic acids is 2. The topological polar surface area (TPSA) is 78.0 Å². The van der Waals surface area contributed by atoms with E-state index in [0.717, 1.165) is 5.56 Å². The smallest absolute Gasteiger partial charge is 0.243 e. The first-order chi connectivity index (χ1) is 13.3. The molecular weight excluding hydrogens is 378 g/mol. The van der Waals surface area contributed by atoms with E-state index >= 15 is 0 Å². The van der Waals surface area contributed by atoms with Crippen molar-refractivity contribution >= 4 is 21.8 Å². The summed E-state index contributed by atoms with van der Waals surface area (Å²) in [5.41, 5.74) is 1.02. The highest BCUT2D eigenvalue weighted by atomic mass is 32.2. The summed E-state index contributed by atoms with van der Waals surface area (Å²) in [7, 11) is -3.54. The van der Waals surface area contributed by atoms with Gasteiger partial charge in [0.05, 0.1) is 4.90 Å². The van der Waals surface area contributed by atoms with Gasteiger partial charge >= 0.3 is 0 Å². The molecule has 0 bridgehead atoms. The van der Waals surface area contributed by atoms with E-state index in [1.807, 2.05) is 6.92 Å². The van der Waals surface area contributed by atoms with Crippen LogP contribution in [0.4, 0.5) is 0 Å². The van der Waals surface area contributed by atoms with E-state index in [4.69, 9.17) is 0 Å². The monoisotopic (exact) mass is 407 g/mol. The lowest BCUT2D eigenvalue weighted by molar-refractivity contribution is -0.139. The van der Waals surface area contributed by atoms with Gasteiger partial charge in [-0.3, -0.25) is 9.59 Å². The number of hydrogen-bond acceptors (Lipinski definition) is 4. The lowest BCUT2D eigenvalue weighted by Gasteiger charge is -2.33. The van der Waals surface area contributed by atoms with Gasteiger partial charge in [0.15, 0.2) is 0 Å². The molecule has 154 valence electrons. The van der Waals surface area contributed by atoms with E-state index in [2.05, 4.69) is 0 Å². The first kappa shape index (κ1) is 20.8. The summed E-state index contributed by atoms with van der Waals surface area (Å²) >= 11 is 0. The van der Waals surface area contributed by atoms with E-state index in [1.54, 1.807) is 41.0 Å². The summed E-state index contributed by atoms with van der Waals surface area (Å²) in [5, 5.41) is 0. The van der Waals surface area contributed by atoms with Crippen LogP contribution in [0.2, 0.25) is 0 Å². The zero-order valence-corrected chi connectivity index (χ0v) is 17.5. The van der Waals surface area contributed by atoms with Crippen LogP contribution >= 0.6 is 0 Å². The third-order valence-electron chi connectivity index (χ3n) is 5.71. The van der Waals surface area contributed by atoms with Crippen molar-refractivity contribution in [1.29, 1.82) is 0 Å². The van der Waals surface area contributed by atoms with Crippen molar-refractivity contribution in [2.24, 2.45) is 5.92 Å². The number of nitrogens with zero attached hydrogens (tertiary/aromatic N) is 3. The quantitative estimate of drug-likeness (QED) is 0.760. The lowest BCUT2D eigenvalue weighted by Crippen LogP contribution is -2.45. The molecule has 0 atom stereocenters. The van der Waals surface area contributed by atoms with Crippen molar-refractivity contribution in [2.75, 3.05) is 39.3 Å². The highest BCUT2D eigenvalue weighted by Gasteiger charge is 2.32. The molecule has 2 amide bonds. The maximum atomic E-state index is 12.9. The number of aryl methyl sites for hydroxylation is 1. The summed E-state index contributed by atoms with van der Waals surface area (Å²) < 4.78 is 27.3. The largest absolute Gasteiger partial charge is 0.343 e. The molecule has 0 aromatic heterocycles. The number of sulfonamides is 1. The summed E-state index contributed by atoms with van der Waals surface area (Å²) in [6.45, 7) is 6.44. The summed E-state index contributed by atoms with van der Waals surface area (Å²) in [6, 6.07) is 6.88. The van der Waals surface area contributed by atoms with Crippen molar-refractivity contribution in [3.8, 4) is 0 Å². The number of likely N-dealkylation sites (tertiary alicyclic amines) is 1. The van der Waals surface area contributed by atoms with Crippen molar-refractivity contribution in [3.05, 3.63) is 29.8 Å². The molecule has 7 nitrogen and oxygen atoms in total. The van der Waals surface area contributed by atoms with Gasteiger partial charge in [0, 0.05) is 52.1 Å². The van der Waals surface area contributed by atoms with Crippen molar-refractivity contribution < 1.29 is 18.0 Å². The maximum Gasteiger partial charge on any atom is 0.243 e. The molecule has 2 fully saturated rings. The Morgan fingerprint density at radius 1 is 0.893 bits per heavy atom. The van der Waals surface area contributed by atoms with Gasteiger partial charge in [-0.25, -0.2) is 8.42 Å². The van der Waals surface area contributed by atoms with Gasteiger partial charge in [-0.2, -0.15) is 4.31 Å². The molecule has 0 radical (unpaired) electrons. The van der Waals surface area contributed by atoms with Gasteiger partial charge in [-0.05, 0) is 38.3 Å². The molecule has 0 spiro atoms. The van der Waals surface area contributed by atoms with Gasteiger partial charge in [0.25, 0.3) is 0 Å². The van der Waals surface area contributed by atoms with Gasteiger partial charge in [-0.1, -0.05) is 17.7 Å². The van der Waals surface area contributed by atoms with Crippen LogP contribution in [0.1, 0.15) is 31.7 Å². The first-order valence-electron chi connectivity index (χ1n) is 9.90. The second-order valence-corrected chi connectivity index (χ2v) is 9.61. The molecule has 1 aromatic rings. The number of benzene rings is 1.